The van der Waals surface area contributed by atoms with Crippen LogP contribution in [0.5, 0.6) is 5.75 Å². The summed E-state index contributed by atoms with van der Waals surface area (Å²) in [7, 11) is 1.85. The van der Waals surface area contributed by atoms with Crippen LogP contribution in [0.2, 0.25) is 0 Å². The lowest BCUT2D eigenvalue weighted by Crippen LogP contribution is -2.28. The van der Waals surface area contributed by atoms with Crippen molar-refractivity contribution in [3.63, 3.8) is 0 Å². The molecule has 0 bridgehead atoms. The van der Waals surface area contributed by atoms with Gasteiger partial charge in [-0.2, -0.15) is 5.10 Å². The summed E-state index contributed by atoms with van der Waals surface area (Å²) in [6.07, 6.45) is 1.89. The van der Waals surface area contributed by atoms with E-state index in [9.17, 15) is 4.79 Å². The third kappa shape index (κ3) is 4.06. The molecule has 0 saturated heterocycles. The predicted molar refractivity (Wildman–Crippen MR) is 79.6 cm³/mol. The molecule has 0 aliphatic rings. The summed E-state index contributed by atoms with van der Waals surface area (Å²) in [5.41, 5.74) is 8.41. The van der Waals surface area contributed by atoms with E-state index in [-0.39, 0.29) is 12.5 Å². The Morgan fingerprint density at radius 1 is 1.38 bits per heavy atom. The quantitative estimate of drug-likeness (QED) is 0.827. The lowest BCUT2D eigenvalue weighted by atomic mass is 10.2. The minimum absolute atomic E-state index is 0.0314. The lowest BCUT2D eigenvalue weighted by Gasteiger charge is -2.10. The number of nitrogens with zero attached hydrogens (tertiary/aromatic N) is 2. The molecule has 3 N–H and O–H groups in total. The Hall–Kier alpha value is -2.34. The number of amides is 1. The van der Waals surface area contributed by atoms with Crippen molar-refractivity contribution in [3.05, 3.63) is 47.3 Å². The molecular weight excluding hydrogens is 268 g/mol. The van der Waals surface area contributed by atoms with E-state index >= 15 is 0 Å². The molecule has 0 aliphatic heterocycles. The number of hydrogen-bond donors (Lipinski definition) is 2. The summed E-state index contributed by atoms with van der Waals surface area (Å²) in [6.45, 7) is 2.71. The Morgan fingerprint density at radius 2 is 2.14 bits per heavy atom. The first-order chi connectivity index (χ1) is 10.1. The molecule has 112 valence electrons. The molecule has 0 spiro atoms. The molecule has 0 radical (unpaired) electrons. The number of benzene rings is 1. The maximum atomic E-state index is 11.8. The molecule has 6 nitrogen and oxygen atoms in total. The molecule has 21 heavy (non-hydrogen) atoms. The van der Waals surface area contributed by atoms with Gasteiger partial charge in [0.25, 0.3) is 5.91 Å². The van der Waals surface area contributed by atoms with Crippen LogP contribution in [0.1, 0.15) is 16.8 Å². The number of ether oxygens (including phenoxy) is 1. The average Bonchev–Trinajstić information content (AvgIpc) is 2.81. The van der Waals surface area contributed by atoms with Crippen LogP contribution in [0.25, 0.3) is 0 Å². The van der Waals surface area contributed by atoms with Crippen molar-refractivity contribution in [1.29, 1.82) is 0 Å². The van der Waals surface area contributed by atoms with Crippen LogP contribution in [0.3, 0.4) is 0 Å². The summed E-state index contributed by atoms with van der Waals surface area (Å²) in [4.78, 5) is 11.8. The Morgan fingerprint density at radius 3 is 2.81 bits per heavy atom. The minimum Gasteiger partial charge on any atom is -0.483 e. The highest BCUT2D eigenvalue weighted by Crippen LogP contribution is 2.16. The normalized spacial score (nSPS) is 10.4. The monoisotopic (exact) mass is 288 g/mol. The molecule has 0 saturated carbocycles. The van der Waals surface area contributed by atoms with Crippen molar-refractivity contribution in [3.8, 4) is 5.75 Å². The zero-order valence-corrected chi connectivity index (χ0v) is 12.3. The Kier molecular flexibility index (Phi) is 4.94. The predicted octanol–water partition coefficient (Wildman–Crippen LogP) is 0.882. The first-order valence-corrected chi connectivity index (χ1v) is 6.76. The Balaban J connectivity index is 1.84. The van der Waals surface area contributed by atoms with E-state index in [1.54, 1.807) is 10.7 Å². The number of rotatable bonds is 6. The van der Waals surface area contributed by atoms with Crippen LogP contribution < -0.4 is 15.8 Å². The molecule has 0 fully saturated rings. The molecule has 1 amide bonds. The Bertz CT molecular complexity index is 622. The fourth-order valence-corrected chi connectivity index (χ4v) is 2.02. The molecule has 0 atom stereocenters. The molecule has 2 aromatic rings. The van der Waals surface area contributed by atoms with Crippen LogP contribution in [0, 0.1) is 6.92 Å². The van der Waals surface area contributed by atoms with Gasteiger partial charge in [0.2, 0.25) is 0 Å². The van der Waals surface area contributed by atoms with Crippen LogP contribution >= 0.6 is 0 Å². The number of para-hydroxylation sites is 1. The van der Waals surface area contributed by atoms with Crippen molar-refractivity contribution in [2.45, 2.75) is 20.0 Å². The van der Waals surface area contributed by atoms with Gasteiger partial charge < -0.3 is 15.8 Å². The SMILES string of the molecule is Cc1nn(C)cc1CNC(=O)COc1ccccc1CN. The van der Waals surface area contributed by atoms with Gasteiger partial charge in [0, 0.05) is 37.5 Å². The zero-order chi connectivity index (χ0) is 15.2. The van der Waals surface area contributed by atoms with Crippen LogP contribution in [-0.2, 0) is 24.9 Å². The standard InChI is InChI=1S/C15H20N4O2/c1-11-13(9-19(2)18-11)8-17-15(20)10-21-14-6-4-3-5-12(14)7-16/h3-6,9H,7-8,10,16H2,1-2H3,(H,17,20). The molecule has 0 aliphatic carbocycles. The molecule has 1 aromatic carbocycles. The highest BCUT2D eigenvalue weighted by Gasteiger charge is 2.08. The number of nitrogens with two attached hydrogens (primary N) is 1. The van der Waals surface area contributed by atoms with E-state index < -0.39 is 0 Å². The highest BCUT2D eigenvalue weighted by molar-refractivity contribution is 5.77. The summed E-state index contributed by atoms with van der Waals surface area (Å²) in [5, 5.41) is 7.04. The van der Waals surface area contributed by atoms with E-state index in [0.717, 1.165) is 16.8 Å². The van der Waals surface area contributed by atoms with Crippen molar-refractivity contribution in [1.82, 2.24) is 15.1 Å². The minimum atomic E-state index is -0.176. The molecular formula is C15H20N4O2. The fourth-order valence-electron chi connectivity index (χ4n) is 2.02. The summed E-state index contributed by atoms with van der Waals surface area (Å²) in [5.74, 6) is 0.470. The molecule has 2 rings (SSSR count). The van der Waals surface area contributed by atoms with Gasteiger partial charge in [0.05, 0.1) is 5.69 Å². The highest BCUT2D eigenvalue weighted by atomic mass is 16.5. The van der Waals surface area contributed by atoms with E-state index in [0.29, 0.717) is 18.8 Å². The van der Waals surface area contributed by atoms with E-state index in [4.69, 9.17) is 10.5 Å². The van der Waals surface area contributed by atoms with Gasteiger partial charge in [-0.15, -0.1) is 0 Å². The second kappa shape index (κ2) is 6.90. The maximum absolute atomic E-state index is 11.8. The van der Waals surface area contributed by atoms with Crippen LogP contribution in [0.15, 0.2) is 30.5 Å². The van der Waals surface area contributed by atoms with Crippen molar-refractivity contribution >= 4 is 5.91 Å². The van der Waals surface area contributed by atoms with Gasteiger partial charge in [0.1, 0.15) is 5.75 Å². The van der Waals surface area contributed by atoms with E-state index in [2.05, 4.69) is 10.4 Å². The van der Waals surface area contributed by atoms with Crippen LogP contribution in [0.4, 0.5) is 0 Å². The average molecular weight is 288 g/mol. The third-order valence-electron chi connectivity index (χ3n) is 3.14. The van der Waals surface area contributed by atoms with Crippen LogP contribution in [-0.4, -0.2) is 22.3 Å². The van der Waals surface area contributed by atoms with Gasteiger partial charge in [-0.05, 0) is 13.0 Å². The van der Waals surface area contributed by atoms with Gasteiger partial charge in [0.15, 0.2) is 6.61 Å². The topological polar surface area (TPSA) is 82.2 Å². The smallest absolute Gasteiger partial charge is 0.258 e. The van der Waals surface area contributed by atoms with Crippen molar-refractivity contribution in [2.24, 2.45) is 12.8 Å². The van der Waals surface area contributed by atoms with Gasteiger partial charge in [-0.3, -0.25) is 9.48 Å². The van der Waals surface area contributed by atoms with Gasteiger partial charge >= 0.3 is 0 Å². The van der Waals surface area contributed by atoms with Gasteiger partial charge in [-0.1, -0.05) is 18.2 Å². The largest absolute Gasteiger partial charge is 0.483 e. The van der Waals surface area contributed by atoms with Crippen molar-refractivity contribution in [2.75, 3.05) is 6.61 Å². The summed E-state index contributed by atoms with van der Waals surface area (Å²) < 4.78 is 7.23. The number of aryl methyl sites for hydroxylation is 2. The second-order valence-corrected chi connectivity index (χ2v) is 4.79. The lowest BCUT2D eigenvalue weighted by molar-refractivity contribution is -0.123. The first kappa shape index (κ1) is 15.1. The second-order valence-electron chi connectivity index (χ2n) is 4.79. The maximum Gasteiger partial charge on any atom is 0.258 e. The number of aromatic nitrogens is 2. The molecule has 0 unspecified atom stereocenters. The number of hydrogen-bond acceptors (Lipinski definition) is 4. The van der Waals surface area contributed by atoms with Gasteiger partial charge in [-0.25, -0.2) is 0 Å². The number of carbonyl (C=O) groups excluding carboxylic acids is 1. The Labute approximate surface area is 123 Å². The van der Waals surface area contributed by atoms with E-state index in [1.165, 1.54) is 0 Å². The number of carbonyl (C=O) groups is 1. The third-order valence-corrected chi connectivity index (χ3v) is 3.14. The first-order valence-electron chi connectivity index (χ1n) is 6.76. The molecule has 1 aromatic heterocycles. The molecule has 6 heteroatoms. The summed E-state index contributed by atoms with van der Waals surface area (Å²) in [6, 6.07) is 7.43. The van der Waals surface area contributed by atoms with E-state index in [1.807, 2.05) is 38.4 Å². The fraction of sp³-hybridized carbons (Fsp3) is 0.333. The zero-order valence-electron chi connectivity index (χ0n) is 12.3. The number of nitrogens with one attached hydrogen (secondary N) is 1. The summed E-state index contributed by atoms with van der Waals surface area (Å²) >= 11 is 0. The molecule has 1 heterocycles. The van der Waals surface area contributed by atoms with Crippen molar-refractivity contribution < 1.29 is 9.53 Å².